The smallest absolute Gasteiger partial charge is 0.221 e. The van der Waals surface area contributed by atoms with Crippen LogP contribution in [-0.4, -0.2) is 15.5 Å². The van der Waals surface area contributed by atoms with E-state index in [2.05, 4.69) is 15.7 Å². The number of amides is 1. The van der Waals surface area contributed by atoms with Crippen molar-refractivity contribution in [1.29, 1.82) is 0 Å². The highest BCUT2D eigenvalue weighted by molar-refractivity contribution is 7.07. The van der Waals surface area contributed by atoms with Gasteiger partial charge in [0.05, 0.1) is 0 Å². The molecule has 0 spiro atoms. The molecule has 1 N–H and O–H groups in total. The summed E-state index contributed by atoms with van der Waals surface area (Å²) in [4.78, 5) is 16.8. The Balaban J connectivity index is 1.76. The Bertz CT molecular complexity index is 796. The normalized spacial score (nSPS) is 12.1. The lowest BCUT2D eigenvalue weighted by molar-refractivity contribution is -0.121. The number of carbonyl (C=O) groups excluding carboxylic acids is 1. The van der Waals surface area contributed by atoms with Crippen LogP contribution in [0.2, 0.25) is 5.02 Å². The molecule has 2 aromatic heterocycles. The maximum Gasteiger partial charge on any atom is 0.221 e. The van der Waals surface area contributed by atoms with Crippen LogP contribution in [0.1, 0.15) is 29.4 Å². The molecule has 2 heterocycles. The molecule has 124 valence electrons. The number of hydrogen-bond acceptors (Lipinski definition) is 3. The summed E-state index contributed by atoms with van der Waals surface area (Å²) in [6, 6.07) is 9.24. The van der Waals surface area contributed by atoms with E-state index in [1.807, 2.05) is 53.5 Å². The Morgan fingerprint density at radius 3 is 2.75 bits per heavy atom. The Hall–Kier alpha value is -2.11. The third kappa shape index (κ3) is 4.04. The number of benzene rings is 1. The summed E-state index contributed by atoms with van der Waals surface area (Å²) in [7, 11) is 1.92. The van der Waals surface area contributed by atoms with E-state index in [0.717, 1.165) is 17.8 Å². The third-order valence-corrected chi connectivity index (χ3v) is 4.83. The first-order valence-corrected chi connectivity index (χ1v) is 8.98. The van der Waals surface area contributed by atoms with Crippen LogP contribution >= 0.6 is 22.9 Å². The second-order valence-corrected chi connectivity index (χ2v) is 6.80. The minimum absolute atomic E-state index is 0.00384. The molecule has 0 aliphatic rings. The van der Waals surface area contributed by atoms with E-state index in [-0.39, 0.29) is 11.9 Å². The molecule has 0 bridgehead atoms. The average molecular weight is 360 g/mol. The minimum atomic E-state index is -0.294. The number of nitrogens with one attached hydrogen (secondary N) is 1. The van der Waals surface area contributed by atoms with E-state index in [4.69, 9.17) is 11.6 Å². The van der Waals surface area contributed by atoms with Gasteiger partial charge in [-0.05, 0) is 46.5 Å². The number of aryl methyl sites for hydroxylation is 2. The molecule has 0 saturated heterocycles. The Morgan fingerprint density at radius 2 is 2.12 bits per heavy atom. The minimum Gasteiger partial charge on any atom is -0.342 e. The number of hydrogen-bond donors (Lipinski definition) is 1. The van der Waals surface area contributed by atoms with Crippen LogP contribution in [0.3, 0.4) is 0 Å². The predicted molar refractivity (Wildman–Crippen MR) is 97.3 cm³/mol. The van der Waals surface area contributed by atoms with Crippen molar-refractivity contribution in [3.05, 3.63) is 75.5 Å². The zero-order valence-corrected chi connectivity index (χ0v) is 14.8. The largest absolute Gasteiger partial charge is 0.342 e. The van der Waals surface area contributed by atoms with Crippen molar-refractivity contribution in [2.75, 3.05) is 0 Å². The van der Waals surface area contributed by atoms with E-state index in [0.29, 0.717) is 11.4 Å². The van der Waals surface area contributed by atoms with Crippen LogP contribution in [-0.2, 0) is 18.3 Å². The van der Waals surface area contributed by atoms with Gasteiger partial charge < -0.3 is 9.88 Å². The molecule has 3 rings (SSSR count). The Labute approximate surface area is 150 Å². The maximum atomic E-state index is 12.4. The SMILES string of the molecule is Cn1ccnc1[C@H](NC(=O)CCc1ccsc1)c1ccc(Cl)cc1. The highest BCUT2D eigenvalue weighted by Gasteiger charge is 2.20. The average Bonchev–Trinajstić information content (AvgIpc) is 3.23. The molecule has 4 nitrogen and oxygen atoms in total. The van der Waals surface area contributed by atoms with Gasteiger partial charge in [0.25, 0.3) is 0 Å². The summed E-state index contributed by atoms with van der Waals surface area (Å²) < 4.78 is 1.92. The standard InChI is InChI=1S/C18H18ClN3OS/c1-22-10-9-20-18(22)17(14-3-5-15(19)6-4-14)21-16(23)7-2-13-8-11-24-12-13/h3-6,8-12,17H,2,7H2,1H3,(H,21,23)/t17-/m1/s1. The van der Waals surface area contributed by atoms with Crippen LogP contribution in [0.4, 0.5) is 0 Å². The zero-order valence-electron chi connectivity index (χ0n) is 13.3. The molecule has 6 heteroatoms. The lowest BCUT2D eigenvalue weighted by Crippen LogP contribution is -2.31. The number of rotatable bonds is 6. The second kappa shape index (κ2) is 7.64. The molecule has 1 amide bonds. The van der Waals surface area contributed by atoms with Crippen LogP contribution in [0.15, 0.2) is 53.5 Å². The van der Waals surface area contributed by atoms with Crippen LogP contribution in [0, 0.1) is 0 Å². The van der Waals surface area contributed by atoms with Crippen LogP contribution in [0.25, 0.3) is 0 Å². The van der Waals surface area contributed by atoms with Crippen molar-refractivity contribution in [3.63, 3.8) is 0 Å². The van der Waals surface area contributed by atoms with Gasteiger partial charge in [0.15, 0.2) is 0 Å². The van der Waals surface area contributed by atoms with Crippen molar-refractivity contribution in [3.8, 4) is 0 Å². The molecule has 0 aliphatic carbocycles. The van der Waals surface area contributed by atoms with Gasteiger partial charge in [-0.1, -0.05) is 23.7 Å². The first kappa shape index (κ1) is 16.7. The lowest BCUT2D eigenvalue weighted by Gasteiger charge is -2.19. The molecule has 1 atom stereocenters. The van der Waals surface area contributed by atoms with Crippen molar-refractivity contribution in [2.24, 2.45) is 7.05 Å². The van der Waals surface area contributed by atoms with Gasteiger partial charge >= 0.3 is 0 Å². The van der Waals surface area contributed by atoms with Gasteiger partial charge in [0, 0.05) is 30.9 Å². The van der Waals surface area contributed by atoms with E-state index in [1.54, 1.807) is 17.5 Å². The first-order valence-electron chi connectivity index (χ1n) is 7.66. The maximum absolute atomic E-state index is 12.4. The third-order valence-electron chi connectivity index (χ3n) is 3.85. The van der Waals surface area contributed by atoms with Gasteiger partial charge in [0.2, 0.25) is 5.91 Å². The summed E-state index contributed by atoms with van der Waals surface area (Å²) in [6.07, 6.45) is 4.79. The van der Waals surface area contributed by atoms with Crippen LogP contribution in [0.5, 0.6) is 0 Å². The van der Waals surface area contributed by atoms with Gasteiger partial charge in [-0.15, -0.1) is 0 Å². The molecule has 24 heavy (non-hydrogen) atoms. The number of imidazole rings is 1. The van der Waals surface area contributed by atoms with Gasteiger partial charge in [0.1, 0.15) is 11.9 Å². The summed E-state index contributed by atoms with van der Waals surface area (Å²) in [5, 5.41) is 7.86. The molecule has 0 fully saturated rings. The van der Waals surface area contributed by atoms with Gasteiger partial charge in [-0.2, -0.15) is 11.3 Å². The van der Waals surface area contributed by atoms with Crippen molar-refractivity contribution in [2.45, 2.75) is 18.9 Å². The van der Waals surface area contributed by atoms with Crippen molar-refractivity contribution >= 4 is 28.8 Å². The van der Waals surface area contributed by atoms with E-state index >= 15 is 0 Å². The molecule has 0 saturated carbocycles. The summed E-state index contributed by atoms with van der Waals surface area (Å²) >= 11 is 7.62. The summed E-state index contributed by atoms with van der Waals surface area (Å²) in [5.41, 5.74) is 2.15. The number of thiophene rings is 1. The second-order valence-electron chi connectivity index (χ2n) is 5.58. The Kier molecular flexibility index (Phi) is 5.33. The fourth-order valence-corrected chi connectivity index (χ4v) is 3.36. The van der Waals surface area contributed by atoms with E-state index in [9.17, 15) is 4.79 Å². The fourth-order valence-electron chi connectivity index (χ4n) is 2.53. The number of aromatic nitrogens is 2. The molecule has 3 aromatic rings. The molecular weight excluding hydrogens is 342 g/mol. The van der Waals surface area contributed by atoms with Gasteiger partial charge in [-0.25, -0.2) is 4.98 Å². The lowest BCUT2D eigenvalue weighted by atomic mass is 10.1. The number of halogens is 1. The monoisotopic (exact) mass is 359 g/mol. The Morgan fingerprint density at radius 1 is 1.33 bits per heavy atom. The molecule has 0 aliphatic heterocycles. The zero-order chi connectivity index (χ0) is 16.9. The van der Waals surface area contributed by atoms with Crippen molar-refractivity contribution < 1.29 is 4.79 Å². The van der Waals surface area contributed by atoms with E-state index in [1.165, 1.54) is 5.56 Å². The molecule has 0 unspecified atom stereocenters. The van der Waals surface area contributed by atoms with Crippen LogP contribution < -0.4 is 5.32 Å². The molecule has 1 aromatic carbocycles. The predicted octanol–water partition coefficient (Wildman–Crippen LogP) is 3.97. The van der Waals surface area contributed by atoms with Gasteiger partial charge in [-0.3, -0.25) is 4.79 Å². The van der Waals surface area contributed by atoms with Crippen molar-refractivity contribution in [1.82, 2.24) is 14.9 Å². The fraction of sp³-hybridized carbons (Fsp3) is 0.222. The first-order chi connectivity index (χ1) is 11.6. The molecular formula is C18H18ClN3OS. The highest BCUT2D eigenvalue weighted by Crippen LogP contribution is 2.22. The van der Waals surface area contributed by atoms with E-state index < -0.39 is 0 Å². The molecule has 0 radical (unpaired) electrons. The quantitative estimate of drug-likeness (QED) is 0.723. The summed E-state index contributed by atoms with van der Waals surface area (Å²) in [6.45, 7) is 0. The number of nitrogens with zero attached hydrogens (tertiary/aromatic N) is 2. The topological polar surface area (TPSA) is 46.9 Å². The summed E-state index contributed by atoms with van der Waals surface area (Å²) in [5.74, 6) is 0.797. The highest BCUT2D eigenvalue weighted by atomic mass is 35.5. The number of carbonyl (C=O) groups is 1.